The van der Waals surface area contributed by atoms with E-state index < -0.39 is 17.8 Å². The number of fused-ring (bicyclic) bond motifs is 1. The number of hydrazine groups is 2. The molecule has 4 heterocycles. The van der Waals surface area contributed by atoms with Gasteiger partial charge in [-0.25, -0.2) is 9.37 Å². The van der Waals surface area contributed by atoms with Crippen molar-refractivity contribution in [2.75, 3.05) is 10.6 Å². The van der Waals surface area contributed by atoms with E-state index in [1.165, 1.54) is 6.20 Å². The summed E-state index contributed by atoms with van der Waals surface area (Å²) in [6.45, 7) is 0. The predicted octanol–water partition coefficient (Wildman–Crippen LogP) is 5.71. The molecule has 196 valence electrons. The lowest BCUT2D eigenvalue weighted by atomic mass is 10.0. The zero-order chi connectivity index (χ0) is 27.1. The zero-order valence-corrected chi connectivity index (χ0v) is 21.5. The Bertz CT molecular complexity index is 1670. The molecular weight excluding hydrogens is 547 g/mol. The van der Waals surface area contributed by atoms with E-state index in [1.54, 1.807) is 30.6 Å². The number of halogens is 4. The van der Waals surface area contributed by atoms with Gasteiger partial charge in [0.15, 0.2) is 5.82 Å². The molecule has 0 bridgehead atoms. The normalized spacial score (nSPS) is 15.5. The topological polar surface area (TPSA) is 114 Å². The van der Waals surface area contributed by atoms with Crippen molar-refractivity contribution in [3.63, 3.8) is 0 Å². The van der Waals surface area contributed by atoms with Crippen LogP contribution in [0.2, 0.25) is 10.0 Å². The lowest BCUT2D eigenvalue weighted by Gasteiger charge is -2.23. The molecule has 6 rings (SSSR count). The van der Waals surface area contributed by atoms with Gasteiger partial charge < -0.3 is 16.1 Å². The second-order valence-electron chi connectivity index (χ2n) is 9.07. The number of nitriles is 1. The summed E-state index contributed by atoms with van der Waals surface area (Å²) in [7, 11) is 0. The minimum Gasteiger partial charge on any atom is -0.373 e. The molecule has 13 heteroatoms. The summed E-state index contributed by atoms with van der Waals surface area (Å²) in [5, 5.41) is 19.5. The molecule has 1 aliphatic carbocycles. The minimum absolute atomic E-state index is 0.152. The SMILES string of the molecule is N#Cc1cnc2c(Cl)cc(N[C@H](C3=CN(C4CC4)NN3)c3cnccc3Cl)cc2c1Nc1cnc(F)c(F)c1. The van der Waals surface area contributed by atoms with Crippen LogP contribution < -0.4 is 21.6 Å². The van der Waals surface area contributed by atoms with Gasteiger partial charge in [0.1, 0.15) is 6.07 Å². The van der Waals surface area contributed by atoms with E-state index in [-0.39, 0.29) is 11.3 Å². The van der Waals surface area contributed by atoms with Crippen LogP contribution in [-0.4, -0.2) is 26.0 Å². The minimum atomic E-state index is -1.22. The Kier molecular flexibility index (Phi) is 6.52. The Labute approximate surface area is 231 Å². The Morgan fingerprint density at radius 3 is 2.67 bits per heavy atom. The van der Waals surface area contributed by atoms with E-state index in [0.29, 0.717) is 38.4 Å². The highest BCUT2D eigenvalue weighted by molar-refractivity contribution is 6.36. The van der Waals surface area contributed by atoms with Crippen molar-refractivity contribution in [3.8, 4) is 6.07 Å². The number of rotatable bonds is 7. The molecule has 0 saturated heterocycles. The van der Waals surface area contributed by atoms with Gasteiger partial charge in [-0.3, -0.25) is 15.0 Å². The maximum Gasteiger partial charge on any atom is 0.249 e. The molecule has 2 aliphatic rings. The van der Waals surface area contributed by atoms with Gasteiger partial charge in [-0.15, -0.1) is 5.53 Å². The summed E-state index contributed by atoms with van der Waals surface area (Å²) in [5.41, 5.74) is 9.56. The van der Waals surface area contributed by atoms with Crippen molar-refractivity contribution < 1.29 is 8.78 Å². The smallest absolute Gasteiger partial charge is 0.249 e. The number of nitrogens with one attached hydrogen (secondary N) is 4. The van der Waals surface area contributed by atoms with Gasteiger partial charge in [0, 0.05) is 58.6 Å². The molecule has 39 heavy (non-hydrogen) atoms. The molecule has 9 nitrogen and oxygen atoms in total. The standard InChI is InChI=1S/C26H19Cl2F2N9/c27-19-3-4-32-11-18(19)25(22-12-39(38-37-22)16-1-2-16)35-14-5-17-23(36-15-7-21(29)26(30)34-10-15)13(8-31)9-33-24(17)20(28)6-14/h3-7,9-12,16,25,35,37-38H,1-2H2,(H,33,36)/t25-/m0/s1. The first-order valence-corrected chi connectivity index (χ1v) is 12.6. The van der Waals surface area contributed by atoms with Gasteiger partial charge in [0.05, 0.1) is 45.4 Å². The highest BCUT2D eigenvalue weighted by Gasteiger charge is 2.33. The van der Waals surface area contributed by atoms with E-state index in [2.05, 4.69) is 42.6 Å². The third-order valence-electron chi connectivity index (χ3n) is 6.39. The summed E-state index contributed by atoms with van der Waals surface area (Å²) in [6.07, 6.45) is 9.97. The van der Waals surface area contributed by atoms with E-state index in [9.17, 15) is 14.0 Å². The maximum atomic E-state index is 13.9. The monoisotopic (exact) mass is 565 g/mol. The van der Waals surface area contributed by atoms with Crippen LogP contribution in [0, 0.1) is 23.1 Å². The summed E-state index contributed by atoms with van der Waals surface area (Å²) >= 11 is 13.2. The molecular formula is C26H19Cl2F2N9. The average Bonchev–Trinajstić information content (AvgIpc) is 3.67. The van der Waals surface area contributed by atoms with Crippen molar-refractivity contribution in [1.29, 1.82) is 5.26 Å². The maximum absolute atomic E-state index is 13.9. The van der Waals surface area contributed by atoms with Crippen molar-refractivity contribution >= 4 is 51.2 Å². The predicted molar refractivity (Wildman–Crippen MR) is 144 cm³/mol. The fraction of sp³-hybridized carbons (Fsp3) is 0.154. The van der Waals surface area contributed by atoms with E-state index in [1.807, 2.05) is 11.2 Å². The van der Waals surface area contributed by atoms with Crippen molar-refractivity contribution in [3.05, 3.63) is 93.9 Å². The van der Waals surface area contributed by atoms with Crippen LogP contribution in [0.1, 0.15) is 30.0 Å². The van der Waals surface area contributed by atoms with Crippen LogP contribution in [0.4, 0.5) is 25.8 Å². The van der Waals surface area contributed by atoms with Gasteiger partial charge in [-0.05, 0) is 31.0 Å². The van der Waals surface area contributed by atoms with Gasteiger partial charge in [0.25, 0.3) is 0 Å². The lowest BCUT2D eigenvalue weighted by molar-refractivity contribution is 0.260. The molecule has 0 unspecified atom stereocenters. The van der Waals surface area contributed by atoms with Crippen LogP contribution in [0.3, 0.4) is 0 Å². The molecule has 1 aliphatic heterocycles. The number of pyridine rings is 3. The highest BCUT2D eigenvalue weighted by Crippen LogP contribution is 2.38. The second kappa shape index (κ2) is 10.1. The second-order valence-corrected chi connectivity index (χ2v) is 9.88. The summed E-state index contributed by atoms with van der Waals surface area (Å²) in [4.78, 5) is 12.0. The molecule has 4 aromatic rings. The average molecular weight is 566 g/mol. The van der Waals surface area contributed by atoms with Crippen molar-refractivity contribution in [2.24, 2.45) is 0 Å². The van der Waals surface area contributed by atoms with E-state index in [0.717, 1.165) is 36.4 Å². The van der Waals surface area contributed by atoms with E-state index in [4.69, 9.17) is 23.2 Å². The van der Waals surface area contributed by atoms with Crippen molar-refractivity contribution in [2.45, 2.75) is 24.9 Å². The quantitative estimate of drug-likeness (QED) is 0.209. The molecule has 0 spiro atoms. The molecule has 0 amide bonds. The Hall–Kier alpha value is -4.24. The molecule has 4 N–H and O–H groups in total. The number of anilines is 3. The lowest BCUT2D eigenvalue weighted by Crippen LogP contribution is -2.38. The van der Waals surface area contributed by atoms with Crippen LogP contribution in [0.25, 0.3) is 10.9 Å². The van der Waals surface area contributed by atoms with Crippen LogP contribution in [-0.2, 0) is 0 Å². The van der Waals surface area contributed by atoms with Gasteiger partial charge in [0.2, 0.25) is 5.95 Å². The fourth-order valence-electron chi connectivity index (χ4n) is 4.33. The number of hydrogen-bond donors (Lipinski definition) is 4. The zero-order valence-electron chi connectivity index (χ0n) is 20.0. The first-order valence-electron chi connectivity index (χ1n) is 11.9. The molecule has 1 saturated carbocycles. The number of nitrogens with zero attached hydrogens (tertiary/aromatic N) is 5. The third-order valence-corrected chi connectivity index (χ3v) is 7.02. The van der Waals surface area contributed by atoms with Gasteiger partial charge in [-0.2, -0.15) is 9.65 Å². The summed E-state index contributed by atoms with van der Waals surface area (Å²) in [5.74, 6) is -2.35. The number of benzene rings is 1. The number of hydrogen-bond acceptors (Lipinski definition) is 9. The Morgan fingerprint density at radius 1 is 1.08 bits per heavy atom. The molecule has 0 radical (unpaired) electrons. The summed E-state index contributed by atoms with van der Waals surface area (Å²) < 4.78 is 27.2. The first-order chi connectivity index (χ1) is 18.9. The molecule has 3 aromatic heterocycles. The molecule has 1 aromatic carbocycles. The highest BCUT2D eigenvalue weighted by atomic mass is 35.5. The van der Waals surface area contributed by atoms with E-state index >= 15 is 0 Å². The molecule has 1 atom stereocenters. The third kappa shape index (κ3) is 4.97. The Morgan fingerprint density at radius 2 is 1.92 bits per heavy atom. The summed E-state index contributed by atoms with van der Waals surface area (Å²) in [6, 6.07) is 8.20. The van der Waals surface area contributed by atoms with Crippen molar-refractivity contribution in [1.82, 2.24) is 30.9 Å². The fourth-order valence-corrected chi connectivity index (χ4v) is 4.81. The van der Waals surface area contributed by atoms with Gasteiger partial charge >= 0.3 is 0 Å². The first kappa shape index (κ1) is 25.1. The van der Waals surface area contributed by atoms with Gasteiger partial charge in [-0.1, -0.05) is 23.2 Å². The van der Waals surface area contributed by atoms with Crippen LogP contribution in [0.5, 0.6) is 0 Å². The largest absolute Gasteiger partial charge is 0.373 e. The Balaban J connectivity index is 1.43. The molecule has 1 fully saturated rings. The van der Waals surface area contributed by atoms with Crippen LogP contribution >= 0.6 is 23.2 Å². The number of aromatic nitrogens is 3. The van der Waals surface area contributed by atoms with Crippen LogP contribution in [0.15, 0.2) is 60.9 Å².